The van der Waals surface area contributed by atoms with Gasteiger partial charge >= 0.3 is 308 Å². The summed E-state index contributed by atoms with van der Waals surface area (Å²) in [6.45, 7) is 14.0. The molecule has 0 amide bonds. The Hall–Kier alpha value is -4.08. The van der Waals surface area contributed by atoms with Crippen LogP contribution in [0.15, 0.2) is 133 Å². The molecule has 1 atom stereocenters. The van der Waals surface area contributed by atoms with Crippen LogP contribution in [-0.4, -0.2) is 17.5 Å². The molecule has 252 valence electrons. The standard InChI is InChI=1S/C21H25.C13H13O2.C13H10.Hf/c1-20(2,3)16-7-9-18-14(12-16)11-15-13-17(21(4,5)6)8-10-19(15)18;1-14-12-7-11(8-13(9-12)15-2)10-5-3-4-6-10;1-3-7-12(8-4-1)11-13-9-5-2-6-10-13;/h7-13H,1-6H3;3-9H,1-2H3;1-10H;. The number of ether oxygens (including phenoxy) is 2. The van der Waals surface area contributed by atoms with E-state index in [1.807, 2.05) is 6.07 Å². The van der Waals surface area contributed by atoms with Gasteiger partial charge in [-0.05, 0) is 0 Å². The summed E-state index contributed by atoms with van der Waals surface area (Å²) in [5, 5.41) is 0. The van der Waals surface area contributed by atoms with E-state index in [9.17, 15) is 0 Å². The van der Waals surface area contributed by atoms with Crippen molar-refractivity contribution in [2.45, 2.75) is 59.7 Å². The zero-order valence-electron chi connectivity index (χ0n) is 30.7. The first-order chi connectivity index (χ1) is 24.0. The van der Waals surface area contributed by atoms with Crippen molar-refractivity contribution in [1.29, 1.82) is 0 Å². The van der Waals surface area contributed by atoms with Crippen molar-refractivity contribution >= 4 is 8.83 Å². The van der Waals surface area contributed by atoms with E-state index < -0.39 is 21.0 Å². The molecule has 1 unspecified atom stereocenters. The molecule has 0 saturated carbocycles. The fraction of sp³-hybridized carbons (Fsp3) is 0.255. The third-order valence-corrected chi connectivity index (χ3v) is 23.2. The Morgan fingerprint density at radius 1 is 0.580 bits per heavy atom. The van der Waals surface area contributed by atoms with Crippen LogP contribution in [0.2, 0.25) is 3.67 Å². The van der Waals surface area contributed by atoms with Gasteiger partial charge in [-0.1, -0.05) is 0 Å². The molecule has 5 aromatic rings. The molecular weight excluding hydrogens is 775 g/mol. The summed E-state index contributed by atoms with van der Waals surface area (Å²) in [6.07, 6.45) is 7.18. The van der Waals surface area contributed by atoms with Crippen LogP contribution >= 0.6 is 0 Å². The van der Waals surface area contributed by atoms with Gasteiger partial charge in [0.15, 0.2) is 0 Å². The Morgan fingerprint density at radius 3 is 1.50 bits per heavy atom. The normalized spacial score (nSPS) is 15.4. The molecule has 2 aliphatic carbocycles. The van der Waals surface area contributed by atoms with Crippen molar-refractivity contribution < 1.29 is 30.4 Å². The van der Waals surface area contributed by atoms with Gasteiger partial charge in [0.05, 0.1) is 0 Å². The van der Waals surface area contributed by atoms with Crippen LogP contribution in [-0.2, 0) is 31.8 Å². The second kappa shape index (κ2) is 13.6. The van der Waals surface area contributed by atoms with E-state index in [1.165, 1.54) is 55.6 Å². The Labute approximate surface area is 306 Å². The summed E-state index contributed by atoms with van der Waals surface area (Å²) in [5.74, 6) is 1.63. The van der Waals surface area contributed by atoms with Crippen molar-refractivity contribution in [3.8, 4) is 22.6 Å². The molecule has 0 heterocycles. The van der Waals surface area contributed by atoms with E-state index in [2.05, 4.69) is 169 Å². The van der Waals surface area contributed by atoms with E-state index in [0.29, 0.717) is 3.67 Å². The van der Waals surface area contributed by atoms with Crippen LogP contribution in [0.1, 0.15) is 84.2 Å². The van der Waals surface area contributed by atoms with E-state index in [4.69, 9.17) is 9.47 Å². The number of rotatable bonds is 7. The van der Waals surface area contributed by atoms with Crippen molar-refractivity contribution in [2.24, 2.45) is 0 Å². The Bertz CT molecular complexity index is 2010. The molecule has 7 rings (SSSR count). The summed E-state index contributed by atoms with van der Waals surface area (Å²) in [7, 11) is 3.48. The second-order valence-corrected chi connectivity index (χ2v) is 25.1. The number of hydrogen-bond donors (Lipinski definition) is 0. The molecule has 5 aromatic carbocycles. The van der Waals surface area contributed by atoms with E-state index >= 15 is 0 Å². The van der Waals surface area contributed by atoms with Gasteiger partial charge in [-0.3, -0.25) is 0 Å². The van der Waals surface area contributed by atoms with Crippen molar-refractivity contribution in [1.82, 2.24) is 0 Å². The molecule has 0 aromatic heterocycles. The first-order valence-corrected chi connectivity index (χ1v) is 23.7. The van der Waals surface area contributed by atoms with E-state index in [0.717, 1.165) is 11.5 Å². The number of hydrogen-bond acceptors (Lipinski definition) is 2. The quantitative estimate of drug-likeness (QED) is 0.152. The molecule has 50 heavy (non-hydrogen) atoms. The number of fused-ring (bicyclic) bond motifs is 3. The van der Waals surface area contributed by atoms with Crippen LogP contribution in [0.4, 0.5) is 0 Å². The summed E-state index contributed by atoms with van der Waals surface area (Å²) < 4.78 is 13.8. The zero-order valence-corrected chi connectivity index (χ0v) is 34.3. The van der Waals surface area contributed by atoms with Crippen LogP contribution in [0, 0.1) is 0 Å². The number of benzene rings is 5. The molecule has 0 fully saturated rings. The summed E-state index contributed by atoms with van der Waals surface area (Å²) in [6, 6.07) is 43.6. The predicted octanol–water partition coefficient (Wildman–Crippen LogP) is 11.7. The Kier molecular flexibility index (Phi) is 9.33. The van der Waals surface area contributed by atoms with Gasteiger partial charge < -0.3 is 0 Å². The van der Waals surface area contributed by atoms with Crippen LogP contribution in [0.25, 0.3) is 16.7 Å². The van der Waals surface area contributed by atoms with Gasteiger partial charge in [0.2, 0.25) is 0 Å². The number of methoxy groups -OCH3 is 2. The molecule has 3 heteroatoms. The average molecular weight is 823 g/mol. The summed E-state index contributed by atoms with van der Waals surface area (Å²) in [4.78, 5) is 0. The molecule has 0 saturated heterocycles. The fourth-order valence-corrected chi connectivity index (χ4v) is 22.2. The van der Waals surface area contributed by atoms with Crippen molar-refractivity contribution in [3.63, 3.8) is 0 Å². The van der Waals surface area contributed by atoms with E-state index in [-0.39, 0.29) is 14.5 Å². The summed E-state index contributed by atoms with van der Waals surface area (Å²) in [5.41, 5.74) is 13.9. The van der Waals surface area contributed by atoms with Gasteiger partial charge in [0.25, 0.3) is 0 Å². The van der Waals surface area contributed by atoms with Crippen molar-refractivity contribution in [3.05, 3.63) is 172 Å². The molecule has 0 spiro atoms. The molecule has 2 aliphatic rings. The van der Waals surface area contributed by atoms with E-state index in [1.54, 1.807) is 17.5 Å². The third-order valence-electron chi connectivity index (χ3n) is 10.4. The predicted molar refractivity (Wildman–Crippen MR) is 208 cm³/mol. The fourth-order valence-electron chi connectivity index (χ4n) is 7.72. The molecule has 0 radical (unpaired) electrons. The SMILES string of the molecule is COc1cc(OC)cc(C2=CC=C[CH]2[Hf](=[C](c2ccccc2)c2ccccc2)[CH]2c3cc(C(C)(C)C)ccc3-c3ccc(C(C)(C)C)cc32)c1. The van der Waals surface area contributed by atoms with Gasteiger partial charge in [-0.2, -0.15) is 0 Å². The third kappa shape index (κ3) is 6.46. The number of allylic oxidation sites excluding steroid dienone is 4. The summed E-state index contributed by atoms with van der Waals surface area (Å²) >= 11 is -3.29. The van der Waals surface area contributed by atoms with Gasteiger partial charge in [-0.15, -0.1) is 0 Å². The minimum atomic E-state index is -3.29. The van der Waals surface area contributed by atoms with Gasteiger partial charge in [0.1, 0.15) is 0 Å². The minimum absolute atomic E-state index is 0.0388. The Morgan fingerprint density at radius 2 is 1.06 bits per heavy atom. The Balaban J connectivity index is 1.60. The first kappa shape index (κ1) is 34.4. The maximum atomic E-state index is 5.81. The van der Waals surface area contributed by atoms with Gasteiger partial charge in [0, 0.05) is 0 Å². The molecule has 0 aliphatic heterocycles. The molecule has 2 nitrogen and oxygen atoms in total. The topological polar surface area (TPSA) is 18.5 Å². The molecular formula is C47H48HfO2. The zero-order chi connectivity index (χ0) is 35.2. The first-order valence-electron chi connectivity index (χ1n) is 17.7. The van der Waals surface area contributed by atoms with Crippen molar-refractivity contribution in [2.75, 3.05) is 14.2 Å². The maximum absolute atomic E-state index is 5.81. The van der Waals surface area contributed by atoms with Crippen LogP contribution in [0.3, 0.4) is 0 Å². The molecule has 0 N–H and O–H groups in total. The monoisotopic (exact) mass is 824 g/mol. The van der Waals surface area contributed by atoms with Gasteiger partial charge in [-0.25, -0.2) is 0 Å². The second-order valence-electron chi connectivity index (χ2n) is 15.7. The average Bonchev–Trinajstić information content (AvgIpc) is 3.73. The van der Waals surface area contributed by atoms with Crippen LogP contribution in [0.5, 0.6) is 11.5 Å². The molecule has 0 bridgehead atoms. The van der Waals surface area contributed by atoms with Crippen LogP contribution < -0.4 is 9.47 Å².